The molecule has 1 aromatic heterocycles. The average molecular weight is 222 g/mol. The van der Waals surface area contributed by atoms with Gasteiger partial charge in [-0.05, 0) is 23.8 Å². The molecule has 0 spiro atoms. The molecule has 0 bridgehead atoms. The molecule has 0 saturated carbocycles. The zero-order valence-corrected chi connectivity index (χ0v) is 8.76. The van der Waals surface area contributed by atoms with E-state index in [-0.39, 0.29) is 11.8 Å². The molecule has 0 fully saturated rings. The molecule has 0 amide bonds. The van der Waals surface area contributed by atoms with Crippen molar-refractivity contribution < 1.29 is 8.42 Å². The standard InChI is InChI=1S/C10H10N2O2S/c13-15(14)6-3-10(8-15)12-7-9-1-4-11-5-2-9/h1-7,10H,8H2/t10-/m1/s1. The van der Waals surface area contributed by atoms with E-state index in [0.717, 1.165) is 5.56 Å². The zero-order valence-electron chi connectivity index (χ0n) is 7.95. The minimum absolute atomic E-state index is 0.0780. The summed E-state index contributed by atoms with van der Waals surface area (Å²) in [6.45, 7) is 0. The van der Waals surface area contributed by atoms with E-state index >= 15 is 0 Å². The maximum atomic E-state index is 11.1. The van der Waals surface area contributed by atoms with Gasteiger partial charge in [0.2, 0.25) is 0 Å². The molecule has 4 nitrogen and oxygen atoms in total. The van der Waals surface area contributed by atoms with Gasteiger partial charge < -0.3 is 0 Å². The second kappa shape index (κ2) is 3.94. The summed E-state index contributed by atoms with van der Waals surface area (Å²) in [4.78, 5) is 8.05. The molecule has 15 heavy (non-hydrogen) atoms. The predicted octanol–water partition coefficient (Wildman–Crippen LogP) is 0.811. The Labute approximate surface area is 88.3 Å². The lowest BCUT2D eigenvalue weighted by Gasteiger charge is -1.98. The van der Waals surface area contributed by atoms with Crippen molar-refractivity contribution in [3.8, 4) is 0 Å². The Morgan fingerprint density at radius 3 is 2.73 bits per heavy atom. The molecule has 0 aliphatic carbocycles. The lowest BCUT2D eigenvalue weighted by atomic mass is 10.3. The van der Waals surface area contributed by atoms with Gasteiger partial charge in [0.15, 0.2) is 9.84 Å². The van der Waals surface area contributed by atoms with Crippen LogP contribution in [0.15, 0.2) is 41.0 Å². The Kier molecular flexibility index (Phi) is 2.64. The number of aromatic nitrogens is 1. The van der Waals surface area contributed by atoms with Gasteiger partial charge in [-0.15, -0.1) is 0 Å². The average Bonchev–Trinajstić information content (AvgIpc) is 2.57. The fourth-order valence-electron chi connectivity index (χ4n) is 1.28. The first-order valence-corrected chi connectivity index (χ1v) is 6.21. The maximum Gasteiger partial charge on any atom is 0.173 e. The molecule has 0 unspecified atom stereocenters. The van der Waals surface area contributed by atoms with Crippen molar-refractivity contribution in [2.24, 2.45) is 4.99 Å². The topological polar surface area (TPSA) is 59.4 Å². The summed E-state index contributed by atoms with van der Waals surface area (Å²) in [6.07, 6.45) is 6.61. The first-order valence-electron chi connectivity index (χ1n) is 4.50. The predicted molar refractivity (Wildman–Crippen MR) is 58.5 cm³/mol. The number of nitrogens with zero attached hydrogens (tertiary/aromatic N) is 2. The van der Waals surface area contributed by atoms with Crippen LogP contribution >= 0.6 is 0 Å². The molecule has 2 heterocycles. The molecule has 0 N–H and O–H groups in total. The van der Waals surface area contributed by atoms with E-state index in [0.29, 0.717) is 0 Å². The van der Waals surface area contributed by atoms with Crippen LogP contribution in [0.1, 0.15) is 5.56 Å². The van der Waals surface area contributed by atoms with Crippen molar-refractivity contribution >= 4 is 16.1 Å². The summed E-state index contributed by atoms with van der Waals surface area (Å²) in [7, 11) is -3.01. The van der Waals surface area contributed by atoms with Crippen LogP contribution in [0.25, 0.3) is 0 Å². The molecule has 2 rings (SSSR count). The molecular weight excluding hydrogens is 212 g/mol. The van der Waals surface area contributed by atoms with E-state index in [1.165, 1.54) is 5.41 Å². The number of hydrogen-bond donors (Lipinski definition) is 0. The molecule has 0 saturated heterocycles. The first kappa shape index (κ1) is 10.0. The van der Waals surface area contributed by atoms with Crippen LogP contribution in [0.2, 0.25) is 0 Å². The van der Waals surface area contributed by atoms with E-state index in [1.807, 2.05) is 12.1 Å². The second-order valence-corrected chi connectivity index (χ2v) is 5.22. The SMILES string of the molecule is O=S1(=O)C=C[C@@H](N=Cc2ccncc2)C1. The molecule has 1 atom stereocenters. The van der Waals surface area contributed by atoms with Crippen LogP contribution < -0.4 is 0 Å². The van der Waals surface area contributed by atoms with Gasteiger partial charge in [0.25, 0.3) is 0 Å². The lowest BCUT2D eigenvalue weighted by Crippen LogP contribution is -2.08. The lowest BCUT2D eigenvalue weighted by molar-refractivity contribution is 0.604. The molecule has 1 aliphatic rings. The Balaban J connectivity index is 2.06. The molecule has 0 aromatic carbocycles. The highest BCUT2D eigenvalue weighted by atomic mass is 32.2. The summed E-state index contributed by atoms with van der Waals surface area (Å²) >= 11 is 0. The van der Waals surface area contributed by atoms with Gasteiger partial charge in [0.1, 0.15) is 0 Å². The smallest absolute Gasteiger partial charge is 0.173 e. The zero-order chi connectivity index (χ0) is 10.7. The quantitative estimate of drug-likeness (QED) is 0.696. The fourth-order valence-corrected chi connectivity index (χ4v) is 2.49. The van der Waals surface area contributed by atoms with Gasteiger partial charge in [-0.25, -0.2) is 8.42 Å². The Morgan fingerprint density at radius 1 is 1.40 bits per heavy atom. The third-order valence-corrected chi connectivity index (χ3v) is 3.41. The highest BCUT2D eigenvalue weighted by Gasteiger charge is 2.19. The van der Waals surface area contributed by atoms with E-state index in [4.69, 9.17) is 0 Å². The third-order valence-electron chi connectivity index (χ3n) is 2.03. The van der Waals surface area contributed by atoms with Crippen molar-refractivity contribution in [1.29, 1.82) is 0 Å². The van der Waals surface area contributed by atoms with Crippen LogP contribution in [0.4, 0.5) is 0 Å². The monoisotopic (exact) mass is 222 g/mol. The van der Waals surface area contributed by atoms with E-state index in [2.05, 4.69) is 9.98 Å². The number of pyridine rings is 1. The maximum absolute atomic E-state index is 11.1. The number of hydrogen-bond acceptors (Lipinski definition) is 4. The van der Waals surface area contributed by atoms with Gasteiger partial charge in [-0.1, -0.05) is 0 Å². The van der Waals surface area contributed by atoms with Crippen molar-refractivity contribution in [2.75, 3.05) is 5.75 Å². The van der Waals surface area contributed by atoms with E-state index in [1.54, 1.807) is 24.7 Å². The summed E-state index contributed by atoms with van der Waals surface area (Å²) < 4.78 is 22.2. The van der Waals surface area contributed by atoms with Crippen LogP contribution in [-0.4, -0.2) is 31.4 Å². The first-order chi connectivity index (χ1) is 7.16. The van der Waals surface area contributed by atoms with Crippen molar-refractivity contribution in [2.45, 2.75) is 6.04 Å². The minimum atomic E-state index is -3.01. The molecule has 1 aliphatic heterocycles. The Morgan fingerprint density at radius 2 is 2.13 bits per heavy atom. The van der Waals surface area contributed by atoms with E-state index in [9.17, 15) is 8.42 Å². The van der Waals surface area contributed by atoms with Gasteiger partial charge in [-0.3, -0.25) is 9.98 Å². The normalized spacial score (nSPS) is 23.6. The highest BCUT2D eigenvalue weighted by Crippen LogP contribution is 2.11. The van der Waals surface area contributed by atoms with Gasteiger partial charge in [0.05, 0.1) is 11.8 Å². The molecule has 5 heteroatoms. The summed E-state index contributed by atoms with van der Waals surface area (Å²) in [5, 5.41) is 1.22. The highest BCUT2D eigenvalue weighted by molar-refractivity contribution is 7.94. The van der Waals surface area contributed by atoms with Gasteiger partial charge in [-0.2, -0.15) is 0 Å². The minimum Gasteiger partial charge on any atom is -0.284 e. The van der Waals surface area contributed by atoms with Crippen molar-refractivity contribution in [3.63, 3.8) is 0 Å². The Hall–Kier alpha value is -1.49. The van der Waals surface area contributed by atoms with Crippen molar-refractivity contribution in [1.82, 2.24) is 4.98 Å². The number of sulfone groups is 1. The van der Waals surface area contributed by atoms with Crippen LogP contribution in [0.3, 0.4) is 0 Å². The van der Waals surface area contributed by atoms with Crippen molar-refractivity contribution in [3.05, 3.63) is 41.6 Å². The third kappa shape index (κ3) is 2.73. The molecular formula is C10H10N2O2S. The summed E-state index contributed by atoms with van der Waals surface area (Å²) in [5.41, 5.74) is 0.919. The van der Waals surface area contributed by atoms with Crippen LogP contribution in [0, 0.1) is 0 Å². The summed E-state index contributed by atoms with van der Waals surface area (Å²) in [5.74, 6) is 0.0780. The Bertz CT molecular complexity index is 491. The van der Waals surface area contributed by atoms with Gasteiger partial charge in [0, 0.05) is 24.0 Å². The number of rotatable bonds is 2. The fraction of sp³-hybridized carbons (Fsp3) is 0.200. The molecule has 0 radical (unpaired) electrons. The van der Waals surface area contributed by atoms with Crippen LogP contribution in [-0.2, 0) is 9.84 Å². The molecule has 78 valence electrons. The molecule has 1 aromatic rings. The number of aliphatic imine (C=N–C) groups is 1. The largest absolute Gasteiger partial charge is 0.284 e. The second-order valence-electron chi connectivity index (χ2n) is 3.28. The van der Waals surface area contributed by atoms with Gasteiger partial charge >= 0.3 is 0 Å². The summed E-state index contributed by atoms with van der Waals surface area (Å²) in [6, 6.07) is 3.39. The van der Waals surface area contributed by atoms with E-state index < -0.39 is 9.84 Å². The van der Waals surface area contributed by atoms with Crippen LogP contribution in [0.5, 0.6) is 0 Å².